The fourth-order valence-corrected chi connectivity index (χ4v) is 5.08. The number of benzene rings is 1. The summed E-state index contributed by atoms with van der Waals surface area (Å²) in [5, 5.41) is 12.5. The van der Waals surface area contributed by atoms with Crippen LogP contribution in [0.25, 0.3) is 0 Å². The Kier molecular flexibility index (Phi) is 6.30. The maximum Gasteiger partial charge on any atom is 0.333 e. The molecule has 4 atom stereocenters. The first kappa shape index (κ1) is 21.6. The molecule has 2 heterocycles. The van der Waals surface area contributed by atoms with Crippen molar-refractivity contribution in [2.75, 3.05) is 5.75 Å². The lowest BCUT2D eigenvalue weighted by Gasteiger charge is -2.52. The van der Waals surface area contributed by atoms with E-state index in [1.54, 1.807) is 0 Å². The lowest BCUT2D eigenvalue weighted by molar-refractivity contribution is -0.384. The van der Waals surface area contributed by atoms with Gasteiger partial charge < -0.3 is 15.0 Å². The summed E-state index contributed by atoms with van der Waals surface area (Å²) in [6, 6.07) is 3.51. The quantitative estimate of drug-likeness (QED) is 0.220. The zero-order chi connectivity index (χ0) is 22.0. The highest BCUT2D eigenvalue weighted by molar-refractivity contribution is 7.86. The Morgan fingerprint density at radius 2 is 2.03 bits per heavy atom. The van der Waals surface area contributed by atoms with Crippen LogP contribution in [0.15, 0.2) is 36.4 Å². The third kappa shape index (κ3) is 4.11. The molecule has 30 heavy (non-hydrogen) atoms. The molecule has 1 aromatic carbocycles. The van der Waals surface area contributed by atoms with Crippen LogP contribution < -0.4 is 5.32 Å². The Morgan fingerprint density at radius 1 is 1.37 bits per heavy atom. The summed E-state index contributed by atoms with van der Waals surface area (Å²) in [5.41, 5.74) is 0.749. The monoisotopic (exact) mass is 435 g/mol. The van der Waals surface area contributed by atoms with E-state index in [9.17, 15) is 28.7 Å². The van der Waals surface area contributed by atoms with Gasteiger partial charge in [-0.1, -0.05) is 13.5 Å². The van der Waals surface area contributed by atoms with E-state index in [4.69, 9.17) is 4.74 Å². The number of nitrogens with one attached hydrogen (secondary N) is 1. The molecule has 11 heteroatoms. The molecule has 0 aromatic heterocycles. The van der Waals surface area contributed by atoms with Gasteiger partial charge in [-0.15, -0.1) is 0 Å². The van der Waals surface area contributed by atoms with Crippen molar-refractivity contribution in [2.45, 2.75) is 43.8 Å². The molecule has 0 spiro atoms. The number of nitro groups is 1. The van der Waals surface area contributed by atoms with Crippen molar-refractivity contribution in [1.82, 2.24) is 10.2 Å². The maximum atomic E-state index is 12.7. The highest BCUT2D eigenvalue weighted by Crippen LogP contribution is 2.35. The van der Waals surface area contributed by atoms with Gasteiger partial charge in [0.1, 0.15) is 18.0 Å². The predicted molar refractivity (Wildman–Crippen MR) is 106 cm³/mol. The molecule has 2 aliphatic heterocycles. The average molecular weight is 435 g/mol. The standard InChI is InChI=1S/C19H21N3O7S/c1-3-4-14(23)20-15-17(24)21-16(11(2)10-30(28)18(15)21)19(25)29-9-12-5-7-13(8-6-12)22(26)27/h5-8,15-16,18H,2-4,9-10H2,1H3,(H,20,23)/t15?,16?,18-,30?/m1/s1. The van der Waals surface area contributed by atoms with Crippen molar-refractivity contribution in [1.29, 1.82) is 0 Å². The number of nitrogens with zero attached hydrogens (tertiary/aromatic N) is 2. The minimum absolute atomic E-state index is 0.0197. The van der Waals surface area contributed by atoms with Crippen LogP contribution in [-0.2, 0) is 36.5 Å². The number of carbonyl (C=O) groups excluding carboxylic acids is 3. The van der Waals surface area contributed by atoms with E-state index in [-0.39, 0.29) is 30.4 Å². The topological polar surface area (TPSA) is 136 Å². The van der Waals surface area contributed by atoms with Gasteiger partial charge in [0.15, 0.2) is 6.04 Å². The van der Waals surface area contributed by atoms with Gasteiger partial charge in [-0.05, 0) is 29.7 Å². The second kappa shape index (κ2) is 8.74. The van der Waals surface area contributed by atoms with Crippen molar-refractivity contribution >= 4 is 34.3 Å². The number of fused-ring (bicyclic) bond motifs is 1. The van der Waals surface area contributed by atoms with Gasteiger partial charge >= 0.3 is 5.97 Å². The van der Waals surface area contributed by atoms with Crippen molar-refractivity contribution in [3.05, 3.63) is 52.1 Å². The molecule has 2 saturated heterocycles. The van der Waals surface area contributed by atoms with E-state index in [2.05, 4.69) is 11.9 Å². The number of esters is 1. The molecular weight excluding hydrogens is 414 g/mol. The van der Waals surface area contributed by atoms with Gasteiger partial charge in [0.2, 0.25) is 11.8 Å². The first-order valence-electron chi connectivity index (χ1n) is 9.31. The van der Waals surface area contributed by atoms with Crippen LogP contribution in [0.5, 0.6) is 0 Å². The highest BCUT2D eigenvalue weighted by Gasteiger charge is 2.59. The average Bonchev–Trinajstić information content (AvgIpc) is 2.70. The van der Waals surface area contributed by atoms with Gasteiger partial charge in [-0.3, -0.25) is 23.9 Å². The number of β-lactam (4-membered cyclic amide) rings is 1. The molecule has 160 valence electrons. The molecule has 10 nitrogen and oxygen atoms in total. The molecule has 0 radical (unpaired) electrons. The highest BCUT2D eigenvalue weighted by atomic mass is 32.2. The third-order valence-corrected chi connectivity index (χ3v) is 6.58. The van der Waals surface area contributed by atoms with Gasteiger partial charge in [0.05, 0.1) is 15.7 Å². The first-order chi connectivity index (χ1) is 14.2. The largest absolute Gasteiger partial charge is 0.459 e. The van der Waals surface area contributed by atoms with Crippen LogP contribution in [0.1, 0.15) is 25.3 Å². The summed E-state index contributed by atoms with van der Waals surface area (Å²) < 4.78 is 17.8. The van der Waals surface area contributed by atoms with E-state index in [0.717, 1.165) is 4.90 Å². The van der Waals surface area contributed by atoms with Crippen LogP contribution >= 0.6 is 0 Å². The van der Waals surface area contributed by atoms with E-state index < -0.39 is 45.1 Å². The van der Waals surface area contributed by atoms with Crippen molar-refractivity contribution in [3.8, 4) is 0 Å². The summed E-state index contributed by atoms with van der Waals surface area (Å²) in [4.78, 5) is 48.4. The summed E-state index contributed by atoms with van der Waals surface area (Å²) in [7, 11) is -1.49. The van der Waals surface area contributed by atoms with Gasteiger partial charge in [0, 0.05) is 24.3 Å². The number of ether oxygens (including phenoxy) is 1. The molecule has 0 aliphatic carbocycles. The Morgan fingerprint density at radius 3 is 2.63 bits per heavy atom. The number of hydrogen-bond acceptors (Lipinski definition) is 7. The fraction of sp³-hybridized carbons (Fsp3) is 0.421. The molecule has 2 amide bonds. The van der Waals surface area contributed by atoms with E-state index in [1.807, 2.05) is 6.92 Å². The molecule has 3 rings (SSSR count). The Balaban J connectivity index is 1.67. The van der Waals surface area contributed by atoms with Crippen molar-refractivity contribution < 1.29 is 28.3 Å². The van der Waals surface area contributed by atoms with E-state index >= 15 is 0 Å². The van der Waals surface area contributed by atoms with E-state index in [0.29, 0.717) is 17.6 Å². The fourth-order valence-electron chi connectivity index (χ4n) is 3.42. The minimum atomic E-state index is -1.49. The lowest BCUT2D eigenvalue weighted by Crippen LogP contribution is -2.77. The molecule has 2 fully saturated rings. The van der Waals surface area contributed by atoms with Crippen molar-refractivity contribution in [3.63, 3.8) is 0 Å². The van der Waals surface area contributed by atoms with Crippen molar-refractivity contribution in [2.24, 2.45) is 0 Å². The van der Waals surface area contributed by atoms with Crippen LogP contribution in [0.4, 0.5) is 5.69 Å². The Labute approximate surface area is 174 Å². The Bertz CT molecular complexity index is 931. The van der Waals surface area contributed by atoms with E-state index in [1.165, 1.54) is 24.3 Å². The molecule has 0 bridgehead atoms. The lowest BCUT2D eigenvalue weighted by atomic mass is 9.98. The Hall–Kier alpha value is -3.08. The number of carbonyl (C=O) groups is 3. The van der Waals surface area contributed by atoms with Crippen LogP contribution in [0.2, 0.25) is 0 Å². The second-order valence-corrected chi connectivity index (χ2v) is 8.58. The normalized spacial score (nSPS) is 25.2. The molecule has 3 unspecified atom stereocenters. The molecule has 1 N–H and O–H groups in total. The number of amides is 2. The molecule has 2 aliphatic rings. The second-order valence-electron chi connectivity index (χ2n) is 7.05. The molecule has 1 aromatic rings. The zero-order valence-corrected chi connectivity index (χ0v) is 17.1. The third-order valence-electron chi connectivity index (χ3n) is 4.89. The number of non-ortho nitro benzene ring substituents is 1. The number of hydrogen-bond donors (Lipinski definition) is 1. The maximum absolute atomic E-state index is 12.7. The SMILES string of the molecule is C=C1CS(=O)[C@@H]2C(NC(=O)CCC)C(=O)N2C1C(=O)OCc1ccc([N+](=O)[O-])cc1. The van der Waals surface area contributed by atoms with Crippen LogP contribution in [-0.4, -0.2) is 55.0 Å². The predicted octanol–water partition coefficient (Wildman–Crippen LogP) is 0.778. The summed E-state index contributed by atoms with van der Waals surface area (Å²) in [5.74, 6) is -1.52. The van der Waals surface area contributed by atoms with Gasteiger partial charge in [0.25, 0.3) is 5.69 Å². The smallest absolute Gasteiger partial charge is 0.333 e. The van der Waals surface area contributed by atoms with Crippen LogP contribution in [0, 0.1) is 10.1 Å². The minimum Gasteiger partial charge on any atom is -0.459 e. The zero-order valence-electron chi connectivity index (χ0n) is 16.2. The summed E-state index contributed by atoms with van der Waals surface area (Å²) in [6.07, 6.45) is 0.856. The number of rotatable bonds is 7. The van der Waals surface area contributed by atoms with Gasteiger partial charge in [-0.2, -0.15) is 0 Å². The van der Waals surface area contributed by atoms with Crippen LogP contribution in [0.3, 0.4) is 0 Å². The van der Waals surface area contributed by atoms with Gasteiger partial charge in [-0.25, -0.2) is 4.79 Å². The molecular formula is C19H21N3O7S. The molecule has 0 saturated carbocycles. The summed E-state index contributed by atoms with van der Waals surface area (Å²) >= 11 is 0. The first-order valence-corrected chi connectivity index (χ1v) is 10.7. The number of nitro benzene ring substituents is 1. The summed E-state index contributed by atoms with van der Waals surface area (Å²) in [6.45, 7) is 5.45.